The highest BCUT2D eigenvalue weighted by atomic mass is 35.5. The predicted molar refractivity (Wildman–Crippen MR) is 104 cm³/mol. The fourth-order valence-corrected chi connectivity index (χ4v) is 4.40. The van der Waals surface area contributed by atoms with Crippen molar-refractivity contribution in [3.8, 4) is 0 Å². The minimum Gasteiger partial charge on any atom is -0.345 e. The van der Waals surface area contributed by atoms with E-state index in [9.17, 15) is 4.79 Å². The van der Waals surface area contributed by atoms with Crippen LogP contribution in [0.5, 0.6) is 0 Å². The molecule has 0 radical (unpaired) electrons. The zero-order valence-electron chi connectivity index (χ0n) is 13.9. The van der Waals surface area contributed by atoms with E-state index < -0.39 is 0 Å². The Bertz CT molecular complexity index is 931. The molecule has 0 unspecified atom stereocenters. The molecular formula is C19H18ClN3OS. The molecule has 25 heavy (non-hydrogen) atoms. The third kappa shape index (κ3) is 3.22. The summed E-state index contributed by atoms with van der Waals surface area (Å²) < 4.78 is 1.10. The van der Waals surface area contributed by atoms with Gasteiger partial charge >= 0.3 is 0 Å². The maximum atomic E-state index is 12.7. The second kappa shape index (κ2) is 6.65. The summed E-state index contributed by atoms with van der Waals surface area (Å²) in [5.41, 5.74) is 2.80. The van der Waals surface area contributed by atoms with Gasteiger partial charge in [-0.05, 0) is 36.8 Å². The number of piperazine rings is 1. The first kappa shape index (κ1) is 16.4. The van der Waals surface area contributed by atoms with Gasteiger partial charge < -0.3 is 9.80 Å². The highest BCUT2D eigenvalue weighted by Gasteiger charge is 2.24. The van der Waals surface area contributed by atoms with Gasteiger partial charge in [0.25, 0.3) is 5.91 Å². The molecular weight excluding hydrogens is 354 g/mol. The van der Waals surface area contributed by atoms with Gasteiger partial charge in [0, 0.05) is 36.8 Å². The van der Waals surface area contributed by atoms with Crippen LogP contribution in [0.2, 0.25) is 5.02 Å². The Kier molecular flexibility index (Phi) is 4.36. The molecule has 0 spiro atoms. The largest absolute Gasteiger partial charge is 0.345 e. The van der Waals surface area contributed by atoms with Crippen LogP contribution >= 0.6 is 22.9 Å². The molecule has 4 nitrogen and oxygen atoms in total. The zero-order chi connectivity index (χ0) is 17.4. The standard InChI is InChI=1S/C19H18ClN3OS/c1-13-4-2-3-5-15(13)18(24)22-8-10-23(11-9-22)19-21-16-7-6-14(20)12-17(16)25-19/h2-7,12H,8-11H2,1H3. The molecule has 0 saturated carbocycles. The van der Waals surface area contributed by atoms with Gasteiger partial charge in [0.1, 0.15) is 0 Å². The number of halogens is 1. The van der Waals surface area contributed by atoms with Crippen molar-refractivity contribution in [2.24, 2.45) is 0 Å². The first-order valence-corrected chi connectivity index (χ1v) is 9.47. The maximum absolute atomic E-state index is 12.7. The van der Waals surface area contributed by atoms with Crippen LogP contribution in [0.15, 0.2) is 42.5 Å². The number of rotatable bonds is 2. The van der Waals surface area contributed by atoms with E-state index in [4.69, 9.17) is 16.6 Å². The number of carbonyl (C=O) groups excluding carboxylic acids is 1. The number of nitrogens with zero attached hydrogens (tertiary/aromatic N) is 3. The highest BCUT2D eigenvalue weighted by Crippen LogP contribution is 2.31. The van der Waals surface area contributed by atoms with Gasteiger partial charge in [-0.25, -0.2) is 4.98 Å². The van der Waals surface area contributed by atoms with Crippen molar-refractivity contribution < 1.29 is 4.79 Å². The van der Waals surface area contributed by atoms with Gasteiger partial charge in [-0.15, -0.1) is 0 Å². The summed E-state index contributed by atoms with van der Waals surface area (Å²) in [6, 6.07) is 13.5. The summed E-state index contributed by atoms with van der Waals surface area (Å²) in [6.07, 6.45) is 0. The Labute approximate surface area is 155 Å². The monoisotopic (exact) mass is 371 g/mol. The van der Waals surface area contributed by atoms with Gasteiger partial charge in [0.05, 0.1) is 10.2 Å². The van der Waals surface area contributed by atoms with Crippen LogP contribution in [0.25, 0.3) is 10.2 Å². The van der Waals surface area contributed by atoms with Crippen LogP contribution in [0.3, 0.4) is 0 Å². The minimum absolute atomic E-state index is 0.119. The number of benzene rings is 2. The number of carbonyl (C=O) groups is 1. The second-order valence-corrected chi connectivity index (χ2v) is 7.65. The molecule has 2 heterocycles. The van der Waals surface area contributed by atoms with Crippen molar-refractivity contribution in [1.29, 1.82) is 0 Å². The Hall–Kier alpha value is -2.11. The molecule has 128 valence electrons. The highest BCUT2D eigenvalue weighted by molar-refractivity contribution is 7.22. The summed E-state index contributed by atoms with van der Waals surface area (Å²) in [5.74, 6) is 0.119. The molecule has 0 aliphatic carbocycles. The number of aryl methyl sites for hydroxylation is 1. The summed E-state index contributed by atoms with van der Waals surface area (Å²) in [6.45, 7) is 5.00. The van der Waals surface area contributed by atoms with Crippen molar-refractivity contribution in [3.63, 3.8) is 0 Å². The molecule has 1 fully saturated rings. The Morgan fingerprint density at radius 2 is 1.88 bits per heavy atom. The molecule has 6 heteroatoms. The van der Waals surface area contributed by atoms with Crippen molar-refractivity contribution in [3.05, 3.63) is 58.6 Å². The molecule has 3 aromatic rings. The van der Waals surface area contributed by atoms with Gasteiger partial charge in [-0.3, -0.25) is 4.79 Å². The smallest absolute Gasteiger partial charge is 0.254 e. The Morgan fingerprint density at radius 1 is 1.12 bits per heavy atom. The number of hydrogen-bond donors (Lipinski definition) is 0. The zero-order valence-corrected chi connectivity index (χ0v) is 15.5. The second-order valence-electron chi connectivity index (χ2n) is 6.20. The molecule has 1 aromatic heterocycles. The third-order valence-electron chi connectivity index (χ3n) is 4.55. The van der Waals surface area contributed by atoms with Crippen LogP contribution in [0.1, 0.15) is 15.9 Å². The molecule has 0 atom stereocenters. The lowest BCUT2D eigenvalue weighted by Crippen LogP contribution is -2.48. The number of hydrogen-bond acceptors (Lipinski definition) is 4. The van der Waals surface area contributed by atoms with Gasteiger partial charge in [-0.2, -0.15) is 0 Å². The average molecular weight is 372 g/mol. The van der Waals surface area contributed by atoms with Crippen molar-refractivity contribution in [2.75, 3.05) is 31.1 Å². The number of anilines is 1. The van der Waals surface area contributed by atoms with Gasteiger partial charge in [0.15, 0.2) is 5.13 Å². The van der Waals surface area contributed by atoms with Crippen LogP contribution in [-0.2, 0) is 0 Å². The fraction of sp³-hybridized carbons (Fsp3) is 0.263. The minimum atomic E-state index is 0.119. The fourth-order valence-electron chi connectivity index (χ4n) is 3.11. The average Bonchev–Trinajstić information content (AvgIpc) is 3.05. The number of amides is 1. The van der Waals surface area contributed by atoms with Crippen LogP contribution < -0.4 is 4.90 Å². The molecule has 1 amide bonds. The molecule has 4 rings (SSSR count). The SMILES string of the molecule is Cc1ccccc1C(=O)N1CCN(c2nc3ccc(Cl)cc3s2)CC1. The molecule has 1 saturated heterocycles. The molecule has 0 N–H and O–H groups in total. The summed E-state index contributed by atoms with van der Waals surface area (Å²) in [7, 11) is 0. The van der Waals surface area contributed by atoms with E-state index in [2.05, 4.69) is 4.90 Å². The third-order valence-corrected chi connectivity index (χ3v) is 5.87. The predicted octanol–water partition coefficient (Wildman–Crippen LogP) is 4.22. The van der Waals surface area contributed by atoms with Crippen molar-refractivity contribution >= 4 is 44.2 Å². The van der Waals surface area contributed by atoms with Crippen molar-refractivity contribution in [1.82, 2.24) is 9.88 Å². The van der Waals surface area contributed by atoms with E-state index >= 15 is 0 Å². The van der Waals surface area contributed by atoms with E-state index in [1.807, 2.05) is 54.3 Å². The van der Waals surface area contributed by atoms with Crippen LogP contribution in [-0.4, -0.2) is 42.0 Å². The number of thiazole rings is 1. The first-order valence-electron chi connectivity index (χ1n) is 8.28. The maximum Gasteiger partial charge on any atom is 0.254 e. The summed E-state index contributed by atoms with van der Waals surface area (Å²) in [4.78, 5) is 21.6. The van der Waals surface area contributed by atoms with E-state index in [0.29, 0.717) is 13.1 Å². The Balaban J connectivity index is 1.47. The lowest BCUT2D eigenvalue weighted by molar-refractivity contribution is 0.0746. The quantitative estimate of drug-likeness (QED) is 0.676. The van der Waals surface area contributed by atoms with Gasteiger partial charge in [0.2, 0.25) is 0 Å². The Morgan fingerprint density at radius 3 is 2.64 bits per heavy atom. The van der Waals surface area contributed by atoms with E-state index in [-0.39, 0.29) is 5.91 Å². The molecule has 2 aromatic carbocycles. The normalized spacial score (nSPS) is 15.0. The van der Waals surface area contributed by atoms with Gasteiger partial charge in [-0.1, -0.05) is 41.1 Å². The van der Waals surface area contributed by atoms with Crippen LogP contribution in [0.4, 0.5) is 5.13 Å². The first-order chi connectivity index (χ1) is 12.1. The number of aromatic nitrogens is 1. The molecule has 1 aliphatic rings. The topological polar surface area (TPSA) is 36.4 Å². The van der Waals surface area contributed by atoms with Crippen LogP contribution in [0, 0.1) is 6.92 Å². The van der Waals surface area contributed by atoms with Crippen molar-refractivity contribution in [2.45, 2.75) is 6.92 Å². The van der Waals surface area contributed by atoms with E-state index in [0.717, 1.165) is 44.6 Å². The van der Waals surface area contributed by atoms with E-state index in [1.54, 1.807) is 11.3 Å². The lowest BCUT2D eigenvalue weighted by Gasteiger charge is -2.34. The summed E-state index contributed by atoms with van der Waals surface area (Å²) >= 11 is 7.71. The van der Waals surface area contributed by atoms with E-state index in [1.165, 1.54) is 0 Å². The molecule has 1 aliphatic heterocycles. The molecule has 0 bridgehead atoms. The summed E-state index contributed by atoms with van der Waals surface area (Å²) in [5, 5.41) is 1.73. The number of fused-ring (bicyclic) bond motifs is 1. The lowest BCUT2D eigenvalue weighted by atomic mass is 10.1.